The number of nitrogens with zero attached hydrogens (tertiary/aromatic N) is 1. The molecule has 1 fully saturated rings. The summed E-state index contributed by atoms with van der Waals surface area (Å²) >= 11 is 1.51. The van der Waals surface area contributed by atoms with Crippen molar-refractivity contribution in [3.05, 3.63) is 52.0 Å². The maximum absolute atomic E-state index is 12.7. The van der Waals surface area contributed by atoms with E-state index in [1.54, 1.807) is 0 Å². The number of ether oxygens (including phenoxy) is 1. The number of hydrogen-bond donors (Lipinski definition) is 4. The van der Waals surface area contributed by atoms with Gasteiger partial charge in [0.15, 0.2) is 0 Å². The van der Waals surface area contributed by atoms with Gasteiger partial charge in [-0.15, -0.1) is 11.3 Å². The van der Waals surface area contributed by atoms with E-state index >= 15 is 0 Å². The number of anilines is 1. The molecule has 4 N–H and O–H groups in total. The number of hydrogen-bond acceptors (Lipinski definition) is 6. The molecule has 174 valence electrons. The molecule has 2 aromatic heterocycles. The zero-order chi connectivity index (χ0) is 22.9. The van der Waals surface area contributed by atoms with E-state index in [4.69, 9.17) is 4.74 Å². The van der Waals surface area contributed by atoms with E-state index in [1.807, 2.05) is 37.4 Å². The molecule has 33 heavy (non-hydrogen) atoms. The third-order valence-electron chi connectivity index (χ3n) is 6.51. The Morgan fingerprint density at radius 1 is 1.30 bits per heavy atom. The number of fused-ring (bicyclic) bond motifs is 2. The summed E-state index contributed by atoms with van der Waals surface area (Å²) < 4.78 is 5.76. The summed E-state index contributed by atoms with van der Waals surface area (Å²) in [5, 5.41) is 18.0. The largest absolute Gasteiger partial charge is 0.478 e. The average Bonchev–Trinajstić information content (AvgIpc) is 3.39. The lowest BCUT2D eigenvalue weighted by molar-refractivity contribution is 0.0344. The van der Waals surface area contributed by atoms with Crippen molar-refractivity contribution >= 4 is 39.1 Å². The molecule has 4 heterocycles. The first-order valence-corrected chi connectivity index (χ1v) is 12.1. The van der Waals surface area contributed by atoms with Crippen molar-refractivity contribution in [3.63, 3.8) is 0 Å². The van der Waals surface area contributed by atoms with Crippen molar-refractivity contribution in [2.45, 2.75) is 44.5 Å². The van der Waals surface area contributed by atoms with Gasteiger partial charge in [-0.3, -0.25) is 9.69 Å². The van der Waals surface area contributed by atoms with Crippen LogP contribution in [-0.2, 0) is 17.7 Å². The Hall–Kier alpha value is -2.88. The van der Waals surface area contributed by atoms with Crippen molar-refractivity contribution in [2.75, 3.05) is 25.5 Å². The highest BCUT2D eigenvalue weighted by atomic mass is 32.1. The predicted molar refractivity (Wildman–Crippen MR) is 128 cm³/mol. The topological polar surface area (TPSA) is 107 Å². The molecule has 1 saturated heterocycles. The quantitative estimate of drug-likeness (QED) is 0.440. The number of aromatic amines is 1. The first kappa shape index (κ1) is 21.9. The molecule has 1 amide bonds. The minimum absolute atomic E-state index is 0.0114. The molecule has 0 aliphatic carbocycles. The maximum atomic E-state index is 12.7. The maximum Gasteiger partial charge on any atom is 0.338 e. The van der Waals surface area contributed by atoms with Crippen LogP contribution in [-0.4, -0.2) is 59.3 Å². The molecule has 3 aromatic rings. The number of aromatic carboxylic acids is 1. The number of aromatic nitrogens is 1. The number of thiophene rings is 1. The molecule has 8 nitrogen and oxygen atoms in total. The monoisotopic (exact) mass is 468 g/mol. The molecule has 0 radical (unpaired) electrons. The summed E-state index contributed by atoms with van der Waals surface area (Å²) in [6.07, 6.45) is 3.43. The second-order valence-corrected chi connectivity index (χ2v) is 9.87. The third kappa shape index (κ3) is 4.48. The SMILES string of the molecule is CN1Cc2sc(NC3CCCCO3)c(C(=O)O)c2CC1CNC(=O)c1cc2ccccc2[nH]1. The summed E-state index contributed by atoms with van der Waals surface area (Å²) in [4.78, 5) is 31.3. The molecule has 5 rings (SSSR count). The number of carboxylic acids is 1. The fourth-order valence-corrected chi connectivity index (χ4v) is 5.99. The Morgan fingerprint density at radius 2 is 2.15 bits per heavy atom. The van der Waals surface area contributed by atoms with Crippen LogP contribution in [0, 0.1) is 0 Å². The lowest BCUT2D eigenvalue weighted by Crippen LogP contribution is -2.45. The van der Waals surface area contributed by atoms with E-state index in [0.717, 1.165) is 40.6 Å². The van der Waals surface area contributed by atoms with Crippen molar-refractivity contribution in [1.29, 1.82) is 0 Å². The number of para-hydroxylation sites is 1. The Morgan fingerprint density at radius 3 is 2.91 bits per heavy atom. The highest BCUT2D eigenvalue weighted by Gasteiger charge is 2.32. The van der Waals surface area contributed by atoms with Crippen LogP contribution in [0.1, 0.15) is 50.5 Å². The van der Waals surface area contributed by atoms with Crippen molar-refractivity contribution in [1.82, 2.24) is 15.2 Å². The van der Waals surface area contributed by atoms with Crippen LogP contribution < -0.4 is 10.6 Å². The Kier molecular flexibility index (Phi) is 6.09. The highest BCUT2D eigenvalue weighted by molar-refractivity contribution is 7.16. The van der Waals surface area contributed by atoms with Crippen LogP contribution in [0.5, 0.6) is 0 Å². The van der Waals surface area contributed by atoms with Crippen LogP contribution in [0.15, 0.2) is 30.3 Å². The van der Waals surface area contributed by atoms with Gasteiger partial charge in [-0.05, 0) is 50.4 Å². The minimum Gasteiger partial charge on any atom is -0.478 e. The molecular weight excluding hydrogens is 440 g/mol. The molecule has 2 aliphatic heterocycles. The summed E-state index contributed by atoms with van der Waals surface area (Å²) in [6.45, 7) is 1.79. The molecule has 2 aliphatic rings. The average molecular weight is 469 g/mol. The highest BCUT2D eigenvalue weighted by Crippen LogP contribution is 2.39. The van der Waals surface area contributed by atoms with Gasteiger partial charge in [0.25, 0.3) is 5.91 Å². The van der Waals surface area contributed by atoms with Crippen LogP contribution in [0.2, 0.25) is 0 Å². The van der Waals surface area contributed by atoms with E-state index in [1.165, 1.54) is 11.3 Å². The number of carbonyl (C=O) groups excluding carboxylic acids is 1. The standard InChI is InChI=1S/C24H28N4O4S/c1-28-13-19-16(21(24(30)31)23(33-19)27-20-8-4-5-9-32-20)11-15(28)12-25-22(29)18-10-14-6-2-3-7-17(14)26-18/h2-3,6-7,10,15,20,26-27H,4-5,8-9,11-13H2,1H3,(H,25,29)(H,30,31). The summed E-state index contributed by atoms with van der Waals surface area (Å²) in [7, 11) is 2.01. The lowest BCUT2D eigenvalue weighted by Gasteiger charge is -2.32. The van der Waals surface area contributed by atoms with Crippen LogP contribution in [0.4, 0.5) is 5.00 Å². The number of rotatable bonds is 6. The van der Waals surface area contributed by atoms with Crippen LogP contribution >= 0.6 is 11.3 Å². The number of likely N-dealkylation sites (N-methyl/N-ethyl adjacent to an activating group) is 1. The summed E-state index contributed by atoms with van der Waals surface area (Å²) in [5.41, 5.74) is 2.67. The van der Waals surface area contributed by atoms with E-state index in [2.05, 4.69) is 20.5 Å². The molecule has 1 aromatic carbocycles. The van der Waals surface area contributed by atoms with Gasteiger partial charge in [-0.25, -0.2) is 4.79 Å². The number of amides is 1. The van der Waals surface area contributed by atoms with Crippen molar-refractivity contribution < 1.29 is 19.4 Å². The van der Waals surface area contributed by atoms with E-state index < -0.39 is 5.97 Å². The van der Waals surface area contributed by atoms with Gasteiger partial charge in [0.2, 0.25) is 0 Å². The number of carboxylic acid groups (broad SMARTS) is 1. The van der Waals surface area contributed by atoms with E-state index in [0.29, 0.717) is 42.4 Å². The number of H-pyrrole nitrogens is 1. The lowest BCUT2D eigenvalue weighted by atomic mass is 9.96. The molecular formula is C24H28N4O4S. The number of nitrogens with one attached hydrogen (secondary N) is 3. The van der Waals surface area contributed by atoms with Gasteiger partial charge in [0.1, 0.15) is 16.9 Å². The van der Waals surface area contributed by atoms with Gasteiger partial charge in [-0.2, -0.15) is 0 Å². The second-order valence-electron chi connectivity index (χ2n) is 8.77. The minimum atomic E-state index is -0.920. The zero-order valence-electron chi connectivity index (χ0n) is 18.5. The van der Waals surface area contributed by atoms with E-state index in [-0.39, 0.29) is 18.2 Å². The molecule has 9 heteroatoms. The van der Waals surface area contributed by atoms with E-state index in [9.17, 15) is 14.7 Å². The molecule has 0 bridgehead atoms. The molecule has 0 saturated carbocycles. The number of carbonyl (C=O) groups is 2. The normalized spacial score (nSPS) is 21.0. The Labute approximate surface area is 195 Å². The van der Waals surface area contributed by atoms with Gasteiger partial charge in [0, 0.05) is 41.5 Å². The second kappa shape index (κ2) is 9.17. The van der Waals surface area contributed by atoms with Gasteiger partial charge in [-0.1, -0.05) is 18.2 Å². The fraction of sp³-hybridized carbons (Fsp3) is 0.417. The first-order chi connectivity index (χ1) is 16.0. The summed E-state index contributed by atoms with van der Waals surface area (Å²) in [6, 6.07) is 9.64. The zero-order valence-corrected chi connectivity index (χ0v) is 19.3. The smallest absolute Gasteiger partial charge is 0.338 e. The fourth-order valence-electron chi connectivity index (χ4n) is 4.66. The number of benzene rings is 1. The molecule has 2 atom stereocenters. The summed E-state index contributed by atoms with van der Waals surface area (Å²) in [5.74, 6) is -1.08. The van der Waals surface area contributed by atoms with Crippen LogP contribution in [0.3, 0.4) is 0 Å². The van der Waals surface area contributed by atoms with Gasteiger partial charge < -0.3 is 25.5 Å². The van der Waals surface area contributed by atoms with Gasteiger partial charge >= 0.3 is 5.97 Å². The van der Waals surface area contributed by atoms with Crippen LogP contribution in [0.25, 0.3) is 10.9 Å². The first-order valence-electron chi connectivity index (χ1n) is 11.3. The van der Waals surface area contributed by atoms with Gasteiger partial charge in [0.05, 0.1) is 5.56 Å². The predicted octanol–water partition coefficient (Wildman–Crippen LogP) is 3.65. The van der Waals surface area contributed by atoms with Crippen molar-refractivity contribution in [3.8, 4) is 0 Å². The molecule has 0 spiro atoms. The van der Waals surface area contributed by atoms with Crippen molar-refractivity contribution in [2.24, 2.45) is 0 Å². The molecule has 2 unspecified atom stereocenters. The Bertz CT molecular complexity index is 1150. The Balaban J connectivity index is 1.30. The third-order valence-corrected chi connectivity index (χ3v) is 7.65.